The van der Waals surface area contributed by atoms with Gasteiger partial charge in [-0.1, -0.05) is 24.3 Å². The van der Waals surface area contributed by atoms with E-state index in [1.165, 1.54) is 23.0 Å². The van der Waals surface area contributed by atoms with E-state index in [1.54, 1.807) is 54.8 Å². The molecule has 0 unspecified atom stereocenters. The lowest BCUT2D eigenvalue weighted by Crippen LogP contribution is -2.37. The molecule has 0 saturated carbocycles. The van der Waals surface area contributed by atoms with Crippen LogP contribution in [0.1, 0.15) is 31.7 Å². The van der Waals surface area contributed by atoms with Crippen LogP contribution in [0.5, 0.6) is 0 Å². The van der Waals surface area contributed by atoms with Gasteiger partial charge in [0.05, 0.1) is 11.6 Å². The number of allylic oxidation sites excluding steroid dienone is 2. The molecule has 1 aliphatic rings. The molecule has 0 atom stereocenters. The van der Waals surface area contributed by atoms with Crippen molar-refractivity contribution in [2.45, 2.75) is 0 Å². The van der Waals surface area contributed by atoms with Crippen molar-refractivity contribution in [3.63, 3.8) is 0 Å². The Morgan fingerprint density at radius 2 is 1.57 bits per heavy atom. The van der Waals surface area contributed by atoms with Gasteiger partial charge in [-0.15, -0.1) is 0 Å². The molecule has 0 aliphatic heterocycles. The molecule has 3 heterocycles. The van der Waals surface area contributed by atoms with Crippen LogP contribution in [0.3, 0.4) is 0 Å². The summed E-state index contributed by atoms with van der Waals surface area (Å²) in [5.74, 6) is -1.23. The van der Waals surface area contributed by atoms with E-state index in [1.807, 2.05) is 12.2 Å². The van der Waals surface area contributed by atoms with Gasteiger partial charge in [-0.2, -0.15) is 0 Å². The van der Waals surface area contributed by atoms with Crippen molar-refractivity contribution in [1.82, 2.24) is 34.3 Å². The largest absolute Gasteiger partial charge is 0.354 e. The Labute approximate surface area is 212 Å². The number of imidazole rings is 2. The van der Waals surface area contributed by atoms with Gasteiger partial charge in [0.2, 0.25) is 11.7 Å². The van der Waals surface area contributed by atoms with E-state index in [-0.39, 0.29) is 48.1 Å². The fourth-order valence-electron chi connectivity index (χ4n) is 3.71. The molecule has 0 aromatic carbocycles. The van der Waals surface area contributed by atoms with E-state index < -0.39 is 17.7 Å². The number of hydrogen-bond donors (Lipinski definition) is 4. The van der Waals surface area contributed by atoms with Crippen molar-refractivity contribution in [2.75, 3.05) is 23.7 Å². The summed E-state index contributed by atoms with van der Waals surface area (Å²) in [6, 6.07) is 1.53. The highest BCUT2D eigenvalue weighted by molar-refractivity contribution is 6.06. The fraction of sp³-hybridized carbons (Fsp3) is 0.250. The first-order valence-electron chi connectivity index (χ1n) is 11.4. The lowest BCUT2D eigenvalue weighted by Gasteiger charge is -2.09. The van der Waals surface area contributed by atoms with Gasteiger partial charge in [0.1, 0.15) is 5.69 Å². The number of aryl methyl sites for hydroxylation is 3. The minimum absolute atomic E-state index is 0.0955. The Bertz CT molecular complexity index is 1400. The van der Waals surface area contributed by atoms with Gasteiger partial charge in [0.25, 0.3) is 17.7 Å². The van der Waals surface area contributed by atoms with Gasteiger partial charge in [0.15, 0.2) is 11.6 Å². The maximum absolute atomic E-state index is 12.8. The number of nitrogens with zero attached hydrogens (tertiary/aromatic N) is 5. The first-order chi connectivity index (χ1) is 17.7. The maximum Gasteiger partial charge on any atom is 0.291 e. The van der Waals surface area contributed by atoms with E-state index in [0.29, 0.717) is 5.69 Å². The fourth-order valence-corrected chi connectivity index (χ4v) is 3.71. The van der Waals surface area contributed by atoms with Gasteiger partial charge in [-0.3, -0.25) is 19.2 Å². The molecule has 4 amide bonds. The van der Waals surface area contributed by atoms with Gasteiger partial charge in [0, 0.05) is 59.0 Å². The molecule has 0 spiro atoms. The second kappa shape index (κ2) is 10.8. The quantitative estimate of drug-likeness (QED) is 0.312. The summed E-state index contributed by atoms with van der Waals surface area (Å²) in [6.07, 6.45) is 13.5. The number of anilines is 2. The smallest absolute Gasteiger partial charge is 0.291 e. The molecule has 1 aliphatic carbocycles. The van der Waals surface area contributed by atoms with E-state index in [0.717, 1.165) is 0 Å². The third-order valence-corrected chi connectivity index (χ3v) is 5.60. The molecule has 4 N–H and O–H groups in total. The lowest BCUT2D eigenvalue weighted by atomic mass is 10.1. The molecular formula is C24H27N9O4. The van der Waals surface area contributed by atoms with E-state index in [9.17, 15) is 19.2 Å². The Balaban J connectivity index is 1.31. The standard InChI is InChI=1S/C24H27N9O4/c1-31-11-10-25-19(31)24(37)28-16-12-17(32(2)13-16)22(35)30-18-14-33(3)20(29-18)23(36)27-9-8-26-21(34)15-6-4-5-7-15/h4-7,10-15H,8-9H2,1-3H3,(H,26,34)(H,27,36)(H,28,37)(H,30,35). The first kappa shape index (κ1) is 25.2. The predicted octanol–water partition coefficient (Wildman–Crippen LogP) is 0.585. The van der Waals surface area contributed by atoms with Gasteiger partial charge < -0.3 is 35.0 Å². The highest BCUT2D eigenvalue weighted by Crippen LogP contribution is 2.16. The Morgan fingerprint density at radius 1 is 0.838 bits per heavy atom. The van der Waals surface area contributed by atoms with Crippen molar-refractivity contribution in [1.29, 1.82) is 0 Å². The molecule has 0 radical (unpaired) electrons. The maximum atomic E-state index is 12.8. The predicted molar refractivity (Wildman–Crippen MR) is 135 cm³/mol. The van der Waals surface area contributed by atoms with Crippen LogP contribution in [0.4, 0.5) is 11.5 Å². The SMILES string of the molecule is Cn1cc(NC(=O)c2nccn2C)cc1C(=O)Nc1cn(C)c(C(=O)NCCNC(=O)C2C=CC=C2)n1. The highest BCUT2D eigenvalue weighted by Gasteiger charge is 2.19. The van der Waals surface area contributed by atoms with Crippen molar-refractivity contribution in [3.05, 3.63) is 72.5 Å². The van der Waals surface area contributed by atoms with Crippen molar-refractivity contribution >= 4 is 35.1 Å². The Morgan fingerprint density at radius 3 is 2.27 bits per heavy atom. The van der Waals surface area contributed by atoms with Crippen LogP contribution in [-0.4, -0.2) is 60.4 Å². The van der Waals surface area contributed by atoms with Crippen LogP contribution in [-0.2, 0) is 25.9 Å². The summed E-state index contributed by atoms with van der Waals surface area (Å²) in [7, 11) is 5.00. The topological polar surface area (TPSA) is 157 Å². The van der Waals surface area contributed by atoms with Crippen LogP contribution in [0.25, 0.3) is 0 Å². The molecule has 192 valence electrons. The summed E-state index contributed by atoms with van der Waals surface area (Å²) >= 11 is 0. The summed E-state index contributed by atoms with van der Waals surface area (Å²) in [6.45, 7) is 0.485. The number of carbonyl (C=O) groups is 4. The zero-order valence-electron chi connectivity index (χ0n) is 20.6. The van der Waals surface area contributed by atoms with Crippen molar-refractivity contribution in [3.8, 4) is 0 Å². The molecular weight excluding hydrogens is 478 g/mol. The zero-order chi connectivity index (χ0) is 26.5. The van der Waals surface area contributed by atoms with Crippen LogP contribution >= 0.6 is 0 Å². The second-order valence-electron chi connectivity index (χ2n) is 8.40. The molecule has 4 rings (SSSR count). The van der Waals surface area contributed by atoms with Gasteiger partial charge in [-0.05, 0) is 6.07 Å². The number of nitrogens with one attached hydrogen (secondary N) is 4. The minimum Gasteiger partial charge on any atom is -0.354 e. The first-order valence-corrected chi connectivity index (χ1v) is 11.4. The number of rotatable bonds is 9. The van der Waals surface area contributed by atoms with E-state index >= 15 is 0 Å². The number of carbonyl (C=O) groups excluding carboxylic acids is 4. The third-order valence-electron chi connectivity index (χ3n) is 5.60. The molecule has 3 aromatic rings. The number of amides is 4. The van der Waals surface area contributed by atoms with E-state index in [2.05, 4.69) is 31.2 Å². The molecule has 0 fully saturated rings. The molecule has 3 aromatic heterocycles. The second-order valence-corrected chi connectivity index (χ2v) is 8.40. The summed E-state index contributed by atoms with van der Waals surface area (Å²) < 4.78 is 4.63. The Kier molecular flexibility index (Phi) is 7.32. The van der Waals surface area contributed by atoms with E-state index in [4.69, 9.17) is 0 Å². The summed E-state index contributed by atoms with van der Waals surface area (Å²) in [4.78, 5) is 57.9. The zero-order valence-corrected chi connectivity index (χ0v) is 20.6. The molecule has 13 heteroatoms. The Hall–Kier alpha value is -4.94. The van der Waals surface area contributed by atoms with Crippen molar-refractivity contribution in [2.24, 2.45) is 27.1 Å². The third kappa shape index (κ3) is 5.83. The monoisotopic (exact) mass is 505 g/mol. The van der Waals surface area contributed by atoms with Crippen LogP contribution < -0.4 is 21.3 Å². The molecule has 13 nitrogen and oxygen atoms in total. The van der Waals surface area contributed by atoms with Crippen LogP contribution in [0.15, 0.2) is 55.2 Å². The molecule has 0 saturated heterocycles. The van der Waals surface area contributed by atoms with Gasteiger partial charge >= 0.3 is 0 Å². The lowest BCUT2D eigenvalue weighted by molar-refractivity contribution is -0.122. The van der Waals surface area contributed by atoms with Gasteiger partial charge in [-0.25, -0.2) is 9.97 Å². The molecule has 0 bridgehead atoms. The summed E-state index contributed by atoms with van der Waals surface area (Å²) in [5.41, 5.74) is 0.697. The number of hydrogen-bond acceptors (Lipinski definition) is 6. The average molecular weight is 506 g/mol. The number of aromatic nitrogens is 5. The summed E-state index contributed by atoms with van der Waals surface area (Å²) in [5, 5.41) is 10.8. The van der Waals surface area contributed by atoms with Crippen molar-refractivity contribution < 1.29 is 19.2 Å². The average Bonchev–Trinajstić information content (AvgIpc) is 3.64. The van der Waals surface area contributed by atoms with Crippen LogP contribution in [0.2, 0.25) is 0 Å². The minimum atomic E-state index is -0.470. The highest BCUT2D eigenvalue weighted by atomic mass is 16.2. The molecule has 37 heavy (non-hydrogen) atoms. The van der Waals surface area contributed by atoms with Crippen LogP contribution in [0, 0.1) is 5.92 Å². The normalized spacial score (nSPS) is 12.5.